The quantitative estimate of drug-likeness (QED) is 0.883. The highest BCUT2D eigenvalue weighted by Crippen LogP contribution is 2.19. The van der Waals surface area contributed by atoms with Crippen molar-refractivity contribution in [3.63, 3.8) is 0 Å². The largest absolute Gasteiger partial charge is 0.378 e. The Labute approximate surface area is 160 Å². The van der Waals surface area contributed by atoms with Gasteiger partial charge in [0.15, 0.2) is 0 Å². The van der Waals surface area contributed by atoms with Gasteiger partial charge in [-0.05, 0) is 49.1 Å². The third-order valence-electron chi connectivity index (χ3n) is 4.99. The molecule has 0 spiro atoms. The molecule has 0 radical (unpaired) electrons. The fraction of sp³-hybridized carbons (Fsp3) is 0.381. The van der Waals surface area contributed by atoms with Gasteiger partial charge in [0.2, 0.25) is 0 Å². The highest BCUT2D eigenvalue weighted by Gasteiger charge is 2.24. The van der Waals surface area contributed by atoms with E-state index in [4.69, 9.17) is 0 Å². The summed E-state index contributed by atoms with van der Waals surface area (Å²) in [5.74, 6) is 0.377. The Hall–Kier alpha value is -2.89. The fourth-order valence-electron chi connectivity index (χ4n) is 3.28. The first-order chi connectivity index (χ1) is 13.0. The molecule has 1 saturated heterocycles. The predicted molar refractivity (Wildman–Crippen MR) is 106 cm³/mol. The Morgan fingerprint density at radius 2 is 1.89 bits per heavy atom. The molecule has 1 aromatic carbocycles. The minimum Gasteiger partial charge on any atom is -0.378 e. The number of carbonyl (C=O) groups is 2. The average molecular weight is 366 g/mol. The van der Waals surface area contributed by atoms with Crippen molar-refractivity contribution >= 4 is 17.5 Å². The molecule has 142 valence electrons. The normalized spacial score (nSPS) is 14.7. The number of benzene rings is 1. The molecular formula is C21H26N4O2. The van der Waals surface area contributed by atoms with Crippen LogP contribution in [0.5, 0.6) is 0 Å². The Morgan fingerprint density at radius 1 is 1.15 bits per heavy atom. The van der Waals surface area contributed by atoms with Crippen molar-refractivity contribution in [1.29, 1.82) is 0 Å². The summed E-state index contributed by atoms with van der Waals surface area (Å²) < 4.78 is 0. The maximum atomic E-state index is 12.5. The minimum atomic E-state index is -0.0486. The first kappa shape index (κ1) is 18.9. The number of anilines is 1. The van der Waals surface area contributed by atoms with Crippen LogP contribution in [0, 0.1) is 5.92 Å². The van der Waals surface area contributed by atoms with Gasteiger partial charge in [0.1, 0.15) is 0 Å². The van der Waals surface area contributed by atoms with Crippen LogP contribution in [0.25, 0.3) is 0 Å². The topological polar surface area (TPSA) is 65.5 Å². The summed E-state index contributed by atoms with van der Waals surface area (Å²) in [5, 5.41) is 3.04. The lowest BCUT2D eigenvalue weighted by atomic mass is 9.96. The van der Waals surface area contributed by atoms with Crippen LogP contribution in [0.15, 0.2) is 48.8 Å². The number of hydrogen-bond acceptors (Lipinski definition) is 4. The van der Waals surface area contributed by atoms with Crippen molar-refractivity contribution in [3.05, 3.63) is 59.9 Å². The molecule has 0 unspecified atom stereocenters. The lowest BCUT2D eigenvalue weighted by molar-refractivity contribution is 0.0684. The first-order valence-corrected chi connectivity index (χ1v) is 9.29. The molecule has 2 aromatic rings. The monoisotopic (exact) mass is 366 g/mol. The molecule has 0 saturated carbocycles. The predicted octanol–water partition coefficient (Wildman–Crippen LogP) is 2.43. The van der Waals surface area contributed by atoms with Crippen LogP contribution >= 0.6 is 0 Å². The molecule has 0 bridgehead atoms. The molecule has 27 heavy (non-hydrogen) atoms. The molecule has 1 N–H and O–H groups in total. The number of nitrogens with zero attached hydrogens (tertiary/aromatic N) is 3. The summed E-state index contributed by atoms with van der Waals surface area (Å²) in [4.78, 5) is 32.7. The summed E-state index contributed by atoms with van der Waals surface area (Å²) in [7, 11) is 3.91. The average Bonchev–Trinajstić information content (AvgIpc) is 2.72. The maximum Gasteiger partial charge on any atom is 0.255 e. The fourth-order valence-corrected chi connectivity index (χ4v) is 3.28. The van der Waals surface area contributed by atoms with Crippen molar-refractivity contribution in [1.82, 2.24) is 15.2 Å². The van der Waals surface area contributed by atoms with Gasteiger partial charge in [-0.15, -0.1) is 0 Å². The molecule has 1 aromatic heterocycles. The second-order valence-electron chi connectivity index (χ2n) is 7.13. The van der Waals surface area contributed by atoms with Gasteiger partial charge in [0.05, 0.1) is 5.56 Å². The highest BCUT2D eigenvalue weighted by atomic mass is 16.2. The Bertz CT molecular complexity index is 784. The van der Waals surface area contributed by atoms with Crippen molar-refractivity contribution in [2.24, 2.45) is 5.92 Å². The van der Waals surface area contributed by atoms with E-state index in [1.165, 1.54) is 0 Å². The number of nitrogens with one attached hydrogen (secondary N) is 1. The number of amides is 2. The van der Waals surface area contributed by atoms with Crippen molar-refractivity contribution in [3.8, 4) is 0 Å². The van der Waals surface area contributed by atoms with E-state index in [0.717, 1.165) is 18.5 Å². The van der Waals surface area contributed by atoms with Gasteiger partial charge in [-0.3, -0.25) is 14.6 Å². The molecule has 2 amide bonds. The number of hydrogen-bond donors (Lipinski definition) is 1. The lowest BCUT2D eigenvalue weighted by Crippen LogP contribution is -2.41. The van der Waals surface area contributed by atoms with E-state index in [9.17, 15) is 9.59 Å². The molecular weight excluding hydrogens is 340 g/mol. The zero-order valence-corrected chi connectivity index (χ0v) is 15.9. The van der Waals surface area contributed by atoms with Crippen LogP contribution in [0.1, 0.15) is 33.6 Å². The lowest BCUT2D eigenvalue weighted by Gasteiger charge is -2.32. The van der Waals surface area contributed by atoms with Gasteiger partial charge in [-0.25, -0.2) is 0 Å². The van der Waals surface area contributed by atoms with Gasteiger partial charge in [0, 0.05) is 57.4 Å². The van der Waals surface area contributed by atoms with E-state index < -0.39 is 0 Å². The van der Waals surface area contributed by atoms with Crippen LogP contribution in [0.4, 0.5) is 5.69 Å². The van der Waals surface area contributed by atoms with E-state index in [-0.39, 0.29) is 11.8 Å². The number of carbonyl (C=O) groups excluding carboxylic acids is 2. The SMILES string of the molecule is CN(C)c1cccc(C(=O)NCC2CCN(C(=O)c3cccnc3)CC2)c1. The van der Waals surface area contributed by atoms with Gasteiger partial charge in [-0.2, -0.15) is 0 Å². The van der Waals surface area contributed by atoms with Crippen LogP contribution in [-0.2, 0) is 0 Å². The molecule has 0 atom stereocenters. The van der Waals surface area contributed by atoms with Crippen molar-refractivity contribution in [2.75, 3.05) is 38.6 Å². The first-order valence-electron chi connectivity index (χ1n) is 9.29. The van der Waals surface area contributed by atoms with Gasteiger partial charge in [0.25, 0.3) is 11.8 Å². The third kappa shape index (κ3) is 4.84. The summed E-state index contributed by atoms with van der Waals surface area (Å²) in [6.45, 7) is 2.06. The molecule has 1 fully saturated rings. The van der Waals surface area contributed by atoms with E-state index >= 15 is 0 Å². The second-order valence-corrected chi connectivity index (χ2v) is 7.13. The maximum absolute atomic E-state index is 12.5. The van der Waals surface area contributed by atoms with Crippen LogP contribution in [0.3, 0.4) is 0 Å². The molecule has 2 heterocycles. The molecule has 1 aliphatic heterocycles. The number of piperidine rings is 1. The summed E-state index contributed by atoms with van der Waals surface area (Å²) in [6, 6.07) is 11.2. The number of aromatic nitrogens is 1. The van der Waals surface area contributed by atoms with Crippen LogP contribution in [0.2, 0.25) is 0 Å². The molecule has 3 rings (SSSR count). The smallest absolute Gasteiger partial charge is 0.255 e. The standard InChI is InChI=1S/C21H26N4O2/c1-24(2)19-7-3-5-17(13-19)20(26)23-14-16-8-11-25(12-9-16)21(27)18-6-4-10-22-15-18/h3-7,10,13,15-16H,8-9,11-12,14H2,1-2H3,(H,23,26). The molecule has 0 aliphatic carbocycles. The van der Waals surface area contributed by atoms with Crippen molar-refractivity contribution in [2.45, 2.75) is 12.8 Å². The number of rotatable bonds is 5. The zero-order valence-electron chi connectivity index (χ0n) is 15.9. The summed E-state index contributed by atoms with van der Waals surface area (Å²) in [5.41, 5.74) is 2.31. The summed E-state index contributed by atoms with van der Waals surface area (Å²) >= 11 is 0. The molecule has 6 nitrogen and oxygen atoms in total. The second kappa shape index (κ2) is 8.66. The molecule has 1 aliphatic rings. The number of pyridine rings is 1. The van der Waals surface area contributed by atoms with Gasteiger partial charge < -0.3 is 15.1 Å². The van der Waals surface area contributed by atoms with Gasteiger partial charge in [-0.1, -0.05) is 6.07 Å². The van der Waals surface area contributed by atoms with E-state index in [0.29, 0.717) is 36.7 Å². The highest BCUT2D eigenvalue weighted by molar-refractivity contribution is 5.95. The van der Waals surface area contributed by atoms with E-state index in [1.807, 2.05) is 48.2 Å². The van der Waals surface area contributed by atoms with Crippen LogP contribution < -0.4 is 10.2 Å². The van der Waals surface area contributed by atoms with E-state index in [1.54, 1.807) is 24.5 Å². The molecule has 6 heteroatoms. The van der Waals surface area contributed by atoms with Crippen LogP contribution in [-0.4, -0.2) is 55.4 Å². The number of likely N-dealkylation sites (tertiary alicyclic amines) is 1. The van der Waals surface area contributed by atoms with Crippen molar-refractivity contribution < 1.29 is 9.59 Å². The third-order valence-corrected chi connectivity index (χ3v) is 4.99. The Morgan fingerprint density at radius 3 is 2.56 bits per heavy atom. The zero-order chi connectivity index (χ0) is 19.2. The Balaban J connectivity index is 1.47. The Kier molecular flexibility index (Phi) is 6.06. The van der Waals surface area contributed by atoms with E-state index in [2.05, 4.69) is 10.3 Å². The summed E-state index contributed by atoms with van der Waals surface area (Å²) in [6.07, 6.45) is 5.06. The van der Waals surface area contributed by atoms with Gasteiger partial charge >= 0.3 is 0 Å². The minimum absolute atomic E-state index is 0.0334.